The smallest absolute Gasteiger partial charge is 0.410 e. The van der Waals surface area contributed by atoms with E-state index in [0.717, 1.165) is 21.7 Å². The summed E-state index contributed by atoms with van der Waals surface area (Å²) in [4.78, 5) is 75.9. The number of nitrogens with zero attached hydrogens (tertiary/aromatic N) is 4. The molecule has 2 fully saturated rings. The number of aliphatic hydroxyl groups excluding tert-OH is 1. The molecule has 5 amide bonds. The molecule has 0 spiro atoms. The SMILES string of the molecule is Cc1ncsc1-c1ccc([C@H](C)NC(=O)[C@@H]2C[C@@H](O)CN2C(=O)C(NC(=O)CCCC(=O)N2CCN(C(=O)OC(C)(C)C)CC2)C(C)(C)C)cc1. The van der Waals surface area contributed by atoms with Crippen LogP contribution in [0.1, 0.15) is 91.4 Å². The van der Waals surface area contributed by atoms with Crippen molar-refractivity contribution >= 4 is 41.1 Å². The maximum Gasteiger partial charge on any atom is 0.410 e. The molecule has 0 aliphatic carbocycles. The Kier molecular flexibility index (Phi) is 12.9. The van der Waals surface area contributed by atoms with Crippen molar-refractivity contribution in [3.05, 3.63) is 41.0 Å². The van der Waals surface area contributed by atoms with Crippen molar-refractivity contribution in [3.8, 4) is 10.4 Å². The molecule has 0 saturated carbocycles. The Morgan fingerprint density at radius 3 is 2.16 bits per heavy atom. The second-order valence-corrected chi connectivity index (χ2v) is 16.4. The lowest BCUT2D eigenvalue weighted by atomic mass is 9.85. The third-order valence-corrected chi connectivity index (χ3v) is 10.1. The lowest BCUT2D eigenvalue weighted by Gasteiger charge is -2.36. The van der Waals surface area contributed by atoms with Crippen LogP contribution in [0.4, 0.5) is 4.79 Å². The maximum absolute atomic E-state index is 14.0. The van der Waals surface area contributed by atoms with Gasteiger partial charge in [0, 0.05) is 52.0 Å². The zero-order chi connectivity index (χ0) is 37.7. The largest absolute Gasteiger partial charge is 0.444 e. The van der Waals surface area contributed by atoms with E-state index in [1.807, 2.05) is 85.2 Å². The van der Waals surface area contributed by atoms with Crippen LogP contribution in [-0.4, -0.2) is 111 Å². The first kappa shape index (κ1) is 39.7. The van der Waals surface area contributed by atoms with Crippen LogP contribution in [0.2, 0.25) is 0 Å². The molecule has 0 radical (unpaired) electrons. The number of benzene rings is 1. The molecule has 2 aliphatic rings. The van der Waals surface area contributed by atoms with Gasteiger partial charge in [-0.2, -0.15) is 0 Å². The third kappa shape index (κ3) is 10.7. The number of carbonyl (C=O) groups is 5. The number of thiazole rings is 1. The standard InChI is InChI=1S/C37H54N6O7S/c1-23(25-12-14-26(15-13-25)31-24(2)38-22-51-31)39-33(47)28-20-27(44)21-43(28)34(48)32(36(3,4)5)40-29(45)10-9-11-30(46)41-16-18-42(19-17-41)35(49)50-37(6,7)8/h12-15,22-23,27-28,32,44H,9-11,16-21H2,1-8H3,(H,39,47)(H,40,45)/t23-,27+,28-,32?/m0/s1. The summed E-state index contributed by atoms with van der Waals surface area (Å²) >= 11 is 1.57. The Labute approximate surface area is 305 Å². The summed E-state index contributed by atoms with van der Waals surface area (Å²) in [5.41, 5.74) is 3.42. The van der Waals surface area contributed by atoms with Crippen LogP contribution in [0.3, 0.4) is 0 Å². The van der Waals surface area contributed by atoms with Crippen molar-refractivity contribution in [2.45, 2.75) is 111 Å². The van der Waals surface area contributed by atoms with Crippen LogP contribution in [0.5, 0.6) is 0 Å². The summed E-state index contributed by atoms with van der Waals surface area (Å²) in [5.74, 6) is -1.30. The number of amides is 5. The molecule has 4 rings (SSSR count). The molecule has 13 nitrogen and oxygen atoms in total. The molecular weight excluding hydrogens is 673 g/mol. The lowest BCUT2D eigenvalue weighted by Crippen LogP contribution is -2.57. The highest BCUT2D eigenvalue weighted by atomic mass is 32.1. The quantitative estimate of drug-likeness (QED) is 0.331. The lowest BCUT2D eigenvalue weighted by molar-refractivity contribution is -0.144. The number of carbonyl (C=O) groups excluding carboxylic acids is 5. The molecule has 4 atom stereocenters. The second-order valence-electron chi connectivity index (χ2n) is 15.6. The van der Waals surface area contributed by atoms with Gasteiger partial charge < -0.3 is 35.2 Å². The van der Waals surface area contributed by atoms with E-state index in [1.165, 1.54) is 4.90 Å². The minimum Gasteiger partial charge on any atom is -0.444 e. The van der Waals surface area contributed by atoms with Crippen LogP contribution in [0.15, 0.2) is 29.8 Å². The number of ether oxygens (including phenoxy) is 1. The van der Waals surface area contributed by atoms with E-state index < -0.39 is 41.2 Å². The topological polar surface area (TPSA) is 161 Å². The van der Waals surface area contributed by atoms with E-state index in [9.17, 15) is 29.1 Å². The predicted octanol–water partition coefficient (Wildman–Crippen LogP) is 4.04. The van der Waals surface area contributed by atoms with Crippen molar-refractivity contribution in [2.75, 3.05) is 32.7 Å². The summed E-state index contributed by atoms with van der Waals surface area (Å²) in [6, 6.07) is 5.70. The molecule has 2 aromatic rings. The number of rotatable bonds is 10. The molecule has 1 unspecified atom stereocenters. The number of nitrogens with one attached hydrogen (secondary N) is 2. The van der Waals surface area contributed by atoms with Crippen LogP contribution in [-0.2, 0) is 23.9 Å². The molecule has 2 aliphatic heterocycles. The highest BCUT2D eigenvalue weighted by Crippen LogP contribution is 2.29. The number of piperazine rings is 1. The van der Waals surface area contributed by atoms with E-state index in [4.69, 9.17) is 4.74 Å². The zero-order valence-electron chi connectivity index (χ0n) is 31.2. The molecule has 3 heterocycles. The fourth-order valence-corrected chi connectivity index (χ4v) is 7.08. The van der Waals surface area contributed by atoms with Gasteiger partial charge >= 0.3 is 6.09 Å². The van der Waals surface area contributed by atoms with Gasteiger partial charge in [0.05, 0.1) is 28.2 Å². The van der Waals surface area contributed by atoms with Crippen LogP contribution >= 0.6 is 11.3 Å². The van der Waals surface area contributed by atoms with E-state index >= 15 is 0 Å². The fraction of sp³-hybridized carbons (Fsp3) is 0.622. The molecule has 0 bridgehead atoms. The van der Waals surface area contributed by atoms with Crippen LogP contribution in [0, 0.1) is 12.3 Å². The second kappa shape index (κ2) is 16.5. The summed E-state index contributed by atoms with van der Waals surface area (Å²) in [6.45, 7) is 16.3. The molecule has 1 aromatic heterocycles. The summed E-state index contributed by atoms with van der Waals surface area (Å²) in [5, 5.41) is 16.4. The van der Waals surface area contributed by atoms with Crippen molar-refractivity contribution in [1.82, 2.24) is 30.3 Å². The third-order valence-electron chi connectivity index (χ3n) is 9.14. The van der Waals surface area contributed by atoms with Crippen molar-refractivity contribution in [2.24, 2.45) is 5.41 Å². The number of aromatic nitrogens is 1. The summed E-state index contributed by atoms with van der Waals surface area (Å²) < 4.78 is 5.42. The Morgan fingerprint density at radius 1 is 0.961 bits per heavy atom. The minimum atomic E-state index is -0.956. The first-order valence-corrected chi connectivity index (χ1v) is 18.6. The number of β-amino-alcohol motifs (C(OH)–C–C–N with tert-alkyl or cyclic N) is 1. The monoisotopic (exact) mass is 726 g/mol. The number of aliphatic hydroxyl groups is 1. The number of hydrogen-bond donors (Lipinski definition) is 3. The predicted molar refractivity (Wildman–Crippen MR) is 195 cm³/mol. The van der Waals surface area contributed by atoms with Gasteiger partial charge in [-0.15, -0.1) is 11.3 Å². The van der Waals surface area contributed by atoms with Gasteiger partial charge in [0.15, 0.2) is 0 Å². The molecular formula is C37H54N6O7S. The highest BCUT2D eigenvalue weighted by molar-refractivity contribution is 7.13. The van der Waals surface area contributed by atoms with Gasteiger partial charge in [0.1, 0.15) is 17.7 Å². The van der Waals surface area contributed by atoms with E-state index in [2.05, 4.69) is 15.6 Å². The van der Waals surface area contributed by atoms with Gasteiger partial charge in [-0.1, -0.05) is 45.0 Å². The van der Waals surface area contributed by atoms with Gasteiger partial charge in [0.25, 0.3) is 0 Å². The van der Waals surface area contributed by atoms with Gasteiger partial charge in [-0.25, -0.2) is 9.78 Å². The normalized spacial score (nSPS) is 19.4. The molecule has 3 N–H and O–H groups in total. The minimum absolute atomic E-state index is 0.0215. The highest BCUT2D eigenvalue weighted by Gasteiger charge is 2.44. The molecule has 14 heteroatoms. The fourth-order valence-electron chi connectivity index (χ4n) is 6.27. The molecule has 280 valence electrons. The number of aryl methyl sites for hydroxylation is 1. The average molecular weight is 727 g/mol. The Morgan fingerprint density at radius 2 is 1.59 bits per heavy atom. The van der Waals surface area contributed by atoms with Crippen LogP contribution in [0.25, 0.3) is 10.4 Å². The zero-order valence-corrected chi connectivity index (χ0v) is 32.0. The maximum atomic E-state index is 14.0. The Bertz CT molecular complexity index is 1560. The number of hydrogen-bond acceptors (Lipinski definition) is 9. The Balaban J connectivity index is 1.29. The van der Waals surface area contributed by atoms with Gasteiger partial charge in [0.2, 0.25) is 23.6 Å². The molecule has 2 saturated heterocycles. The van der Waals surface area contributed by atoms with E-state index in [1.54, 1.807) is 21.1 Å². The molecule has 1 aromatic carbocycles. The van der Waals surface area contributed by atoms with Crippen molar-refractivity contribution in [3.63, 3.8) is 0 Å². The van der Waals surface area contributed by atoms with Crippen LogP contribution < -0.4 is 10.6 Å². The van der Waals surface area contributed by atoms with Crippen molar-refractivity contribution in [1.29, 1.82) is 0 Å². The van der Waals surface area contributed by atoms with E-state index in [-0.39, 0.29) is 56.0 Å². The molecule has 51 heavy (non-hydrogen) atoms. The average Bonchev–Trinajstić information content (AvgIpc) is 3.67. The van der Waals surface area contributed by atoms with Gasteiger partial charge in [-0.3, -0.25) is 19.2 Å². The first-order valence-electron chi connectivity index (χ1n) is 17.7. The van der Waals surface area contributed by atoms with E-state index in [0.29, 0.717) is 26.2 Å². The first-order chi connectivity index (χ1) is 23.8. The summed E-state index contributed by atoms with van der Waals surface area (Å²) in [7, 11) is 0. The van der Waals surface area contributed by atoms with Gasteiger partial charge in [-0.05, 0) is 57.6 Å². The summed E-state index contributed by atoms with van der Waals surface area (Å²) in [6.07, 6.45) is -0.709. The van der Waals surface area contributed by atoms with Crippen molar-refractivity contribution < 1.29 is 33.8 Å². The Hall–Kier alpha value is -4.04. The number of likely N-dealkylation sites (tertiary alicyclic amines) is 1.